The van der Waals surface area contributed by atoms with Crippen LogP contribution in [0.1, 0.15) is 6.92 Å². The topological polar surface area (TPSA) is 37.3 Å². The van der Waals surface area contributed by atoms with Crippen LogP contribution in [-0.2, 0) is 4.79 Å². The summed E-state index contributed by atoms with van der Waals surface area (Å²) in [5.74, 6) is -0.833. The van der Waals surface area contributed by atoms with Gasteiger partial charge in [-0.05, 0) is 0 Å². The molecule has 0 atom stereocenters. The molecule has 0 aromatic carbocycles. The first-order chi connectivity index (χ1) is 2.73. The molecule has 0 aromatic rings. The van der Waals surface area contributed by atoms with E-state index in [1.807, 2.05) is 0 Å². The fraction of sp³-hybridized carbons (Fsp3) is 0.500. The minimum atomic E-state index is -0.833. The second-order valence-electron chi connectivity index (χ2n) is 0.519. The van der Waals surface area contributed by atoms with E-state index in [-0.39, 0.29) is 0 Å². The molecule has 0 aliphatic rings. The quantitative estimate of drug-likeness (QED) is 0.425. The van der Waals surface area contributed by atoms with Crippen molar-refractivity contribution < 1.29 is 13.3 Å². The van der Waals surface area contributed by atoms with E-state index >= 15 is 0 Å². The van der Waals surface area contributed by atoms with Crippen molar-refractivity contribution in [2.24, 2.45) is 0 Å². The van der Waals surface area contributed by atoms with Crippen molar-refractivity contribution >= 4 is 24.2 Å². The molecule has 4 heteroatoms. The number of halogens is 1. The van der Waals surface area contributed by atoms with E-state index in [2.05, 4.69) is 0 Å². The third kappa shape index (κ3) is 5320000. The number of rotatable bonds is 0. The van der Waals surface area contributed by atoms with Crippen LogP contribution in [0.2, 0.25) is 0 Å². The van der Waals surface area contributed by atoms with E-state index in [9.17, 15) is 3.38 Å². The summed E-state index contributed by atoms with van der Waals surface area (Å²) >= 11 is 0.500. The molecule has 2 nitrogen and oxygen atoms in total. The average molecular weight is 86.0 g/mol. The molecule has 0 aromatic heterocycles. The first kappa shape index (κ1) is 9.37. The van der Waals surface area contributed by atoms with Gasteiger partial charge in [0.05, 0.1) is 0 Å². The molecule has 0 saturated heterocycles. The fourth-order valence-electron chi connectivity index (χ4n) is 0. The summed E-state index contributed by atoms with van der Waals surface area (Å²) in [5, 5.41) is 7.42. The van der Waals surface area contributed by atoms with Gasteiger partial charge in [0.25, 0.3) is 5.97 Å². The summed E-state index contributed by atoms with van der Waals surface area (Å²) in [6.07, 6.45) is 0. The van der Waals surface area contributed by atoms with Crippen LogP contribution in [0, 0.1) is 0 Å². The summed E-state index contributed by atoms with van der Waals surface area (Å²) in [5.41, 5.74) is 0. The van der Waals surface area contributed by atoms with Gasteiger partial charge in [0.15, 0.2) is 0 Å². The van der Waals surface area contributed by atoms with Crippen LogP contribution in [0.15, 0.2) is 0 Å². The van der Waals surface area contributed by atoms with Gasteiger partial charge in [-0.15, -0.1) is 0 Å². The van der Waals surface area contributed by atoms with Crippen LogP contribution in [0.4, 0.5) is 3.38 Å². The summed E-state index contributed by atoms with van der Waals surface area (Å²) in [7, 11) is 0. The molecular weight excluding hydrogens is 82.0 g/mol. The molecule has 32 valence electrons. The van der Waals surface area contributed by atoms with E-state index in [1.165, 1.54) is 0 Å². The van der Waals surface area contributed by atoms with Gasteiger partial charge in [-0.2, -0.15) is 0 Å². The first-order valence-electron chi connectivity index (χ1n) is 1.31. The van der Waals surface area contributed by atoms with E-state index in [0.29, 0.717) is 18.2 Å². The number of aliphatic carboxylic acids is 1. The van der Waals surface area contributed by atoms with Crippen LogP contribution in [0.25, 0.3) is 0 Å². The maximum atomic E-state index is 9.50. The van der Waals surface area contributed by atoms with Crippen LogP contribution >= 0.6 is 0 Å². The summed E-state index contributed by atoms with van der Waals surface area (Å²) < 4.78 is 9.50. The number of carboxylic acid groups (broad SMARTS) is 1. The Kier molecular flexibility index (Phi) is 13.9. The molecule has 0 heterocycles. The van der Waals surface area contributed by atoms with Gasteiger partial charge in [0.1, 0.15) is 0 Å². The van der Waals surface area contributed by atoms with Crippen molar-refractivity contribution in [2.75, 3.05) is 0 Å². The molecular formula is C2H4FLiO2. The molecule has 0 fully saturated rings. The molecule has 0 rings (SSSR count). The summed E-state index contributed by atoms with van der Waals surface area (Å²) in [6.45, 7) is 1.08. The van der Waals surface area contributed by atoms with Crippen LogP contribution in [0.3, 0.4) is 0 Å². The van der Waals surface area contributed by atoms with Gasteiger partial charge >= 0.3 is 21.6 Å². The van der Waals surface area contributed by atoms with Crippen LogP contribution in [-0.4, -0.2) is 29.3 Å². The molecule has 0 aliphatic heterocycles. The maximum absolute atomic E-state index is 9.50. The number of hydrogen-bond donors (Lipinski definition) is 1. The summed E-state index contributed by atoms with van der Waals surface area (Å²) in [4.78, 5) is 9.00. The molecule has 0 radical (unpaired) electrons. The molecule has 0 saturated carbocycles. The Balaban J connectivity index is 0. The predicted molar refractivity (Wildman–Crippen MR) is 20.2 cm³/mol. The van der Waals surface area contributed by atoms with Gasteiger partial charge in [-0.1, -0.05) is 0 Å². The zero-order valence-corrected chi connectivity index (χ0v) is 3.73. The Labute approximate surface area is 45.1 Å². The minimum absolute atomic E-state index is 0.500. The molecule has 0 aliphatic carbocycles. The van der Waals surface area contributed by atoms with Crippen molar-refractivity contribution in [2.45, 2.75) is 6.92 Å². The van der Waals surface area contributed by atoms with E-state index in [4.69, 9.17) is 9.90 Å². The fourth-order valence-corrected chi connectivity index (χ4v) is 0. The Morgan fingerprint density at radius 2 is 1.83 bits per heavy atom. The van der Waals surface area contributed by atoms with E-state index in [0.717, 1.165) is 6.92 Å². The van der Waals surface area contributed by atoms with Gasteiger partial charge in [0, 0.05) is 6.92 Å². The molecule has 1 N–H and O–H groups in total. The Bertz CT molecular complexity index is 34.5. The third-order valence-corrected chi connectivity index (χ3v) is 0. The first-order valence-corrected chi connectivity index (χ1v) is 1.31. The standard InChI is InChI=1S/C2H4O2.FH.Li/c1-2(3)4;;/h1H3,(H,3,4);1H;/q;;+1/p-1. The van der Waals surface area contributed by atoms with E-state index < -0.39 is 5.97 Å². The average Bonchev–Trinajstić information content (AvgIpc) is 1.41. The van der Waals surface area contributed by atoms with Gasteiger partial charge < -0.3 is 5.11 Å². The van der Waals surface area contributed by atoms with Gasteiger partial charge in [-0.25, -0.2) is 0 Å². The Morgan fingerprint density at radius 3 is 1.83 bits per heavy atom. The summed E-state index contributed by atoms with van der Waals surface area (Å²) in [6, 6.07) is 0. The second kappa shape index (κ2) is 8.89. The molecule has 0 bridgehead atoms. The molecule has 0 unspecified atom stereocenters. The third-order valence-electron chi connectivity index (χ3n) is 0. The molecule has 0 spiro atoms. The SMILES string of the molecule is CC(=O)O.[Li][F]. The predicted octanol–water partition coefficient (Wildman–Crippen LogP) is 0.130. The van der Waals surface area contributed by atoms with Crippen molar-refractivity contribution in [3.63, 3.8) is 0 Å². The van der Waals surface area contributed by atoms with E-state index in [1.54, 1.807) is 0 Å². The zero-order valence-electron chi connectivity index (χ0n) is 3.73. The number of carbonyl (C=O) groups is 1. The second-order valence-corrected chi connectivity index (χ2v) is 0.519. The number of carboxylic acids is 1. The van der Waals surface area contributed by atoms with Gasteiger partial charge in [-0.3, -0.25) is 4.79 Å². The van der Waals surface area contributed by atoms with Crippen LogP contribution < -0.4 is 0 Å². The zero-order chi connectivity index (χ0) is 5.58. The number of hydrogen-bond acceptors (Lipinski definition) is 1. The van der Waals surface area contributed by atoms with Crippen molar-refractivity contribution in [1.29, 1.82) is 0 Å². The monoisotopic (exact) mass is 86.0 g/mol. The van der Waals surface area contributed by atoms with Crippen LogP contribution in [0.5, 0.6) is 0 Å². The Hall–Kier alpha value is -0.00260. The van der Waals surface area contributed by atoms with Gasteiger partial charge in [0.2, 0.25) is 0 Å². The van der Waals surface area contributed by atoms with Crippen molar-refractivity contribution in [1.82, 2.24) is 0 Å². The molecule has 0 amide bonds. The van der Waals surface area contributed by atoms with Crippen molar-refractivity contribution in [3.05, 3.63) is 0 Å². The Morgan fingerprint density at radius 1 is 1.83 bits per heavy atom. The van der Waals surface area contributed by atoms with Crippen molar-refractivity contribution in [3.8, 4) is 0 Å². The normalized spacial score (nSPS) is 5.33. The molecule has 6 heavy (non-hydrogen) atoms.